The van der Waals surface area contributed by atoms with E-state index < -0.39 is 50.3 Å². The number of hydrogen-bond acceptors (Lipinski definition) is 8. The first-order valence-electron chi connectivity index (χ1n) is 14.3. The Morgan fingerprint density at radius 1 is 1.07 bits per heavy atom. The van der Waals surface area contributed by atoms with Gasteiger partial charge in [0.1, 0.15) is 5.60 Å². The summed E-state index contributed by atoms with van der Waals surface area (Å²) in [7, 11) is -3.67. The van der Waals surface area contributed by atoms with Crippen LogP contribution in [-0.2, 0) is 33.0 Å². The second kappa shape index (κ2) is 13.0. The maximum absolute atomic E-state index is 13.5. The van der Waals surface area contributed by atoms with Gasteiger partial charge in [-0.05, 0) is 61.8 Å². The lowest BCUT2D eigenvalue weighted by Crippen LogP contribution is -2.58. The monoisotopic (exact) mass is 604 g/mol. The van der Waals surface area contributed by atoms with E-state index in [1.54, 1.807) is 26.8 Å². The van der Waals surface area contributed by atoms with Crippen LogP contribution in [0.2, 0.25) is 0 Å². The fourth-order valence-corrected chi connectivity index (χ4v) is 7.06. The number of sulfone groups is 1. The van der Waals surface area contributed by atoms with Crippen molar-refractivity contribution in [3.8, 4) is 5.75 Å². The predicted molar refractivity (Wildman–Crippen MR) is 161 cm³/mol. The number of aliphatic hydroxyl groups excluding tert-OH is 1. The van der Waals surface area contributed by atoms with Crippen molar-refractivity contribution in [3.63, 3.8) is 0 Å². The summed E-state index contributed by atoms with van der Waals surface area (Å²) in [5.41, 5.74) is 1.26. The number of nitro benzene ring substituents is 1. The zero-order valence-electron chi connectivity index (χ0n) is 25.6. The average Bonchev–Trinajstić information content (AvgIpc) is 2.86. The molecule has 2 aromatic rings. The van der Waals surface area contributed by atoms with E-state index in [2.05, 4.69) is 20.8 Å². The van der Waals surface area contributed by atoms with Crippen LogP contribution >= 0.6 is 0 Å². The van der Waals surface area contributed by atoms with Crippen LogP contribution in [0.4, 0.5) is 10.5 Å². The third-order valence-corrected chi connectivity index (χ3v) is 8.91. The molecule has 1 aliphatic heterocycles. The van der Waals surface area contributed by atoms with Gasteiger partial charge in [0.15, 0.2) is 15.6 Å². The molecule has 0 radical (unpaired) electrons. The van der Waals surface area contributed by atoms with Crippen LogP contribution in [0.25, 0.3) is 0 Å². The Morgan fingerprint density at radius 3 is 2.36 bits per heavy atom. The van der Waals surface area contributed by atoms with Crippen LogP contribution in [0.3, 0.4) is 0 Å². The van der Waals surface area contributed by atoms with Crippen LogP contribution in [0.1, 0.15) is 71.6 Å². The van der Waals surface area contributed by atoms with Gasteiger partial charge < -0.3 is 14.6 Å². The molecule has 232 valence electrons. The summed E-state index contributed by atoms with van der Waals surface area (Å²) < 4.78 is 37.7. The van der Waals surface area contributed by atoms with E-state index in [9.17, 15) is 28.4 Å². The molecule has 3 atom stereocenters. The Bertz CT molecular complexity index is 1380. The standard InChI is InChI=1S/C31H44N2O8S/c1-8-14-40-27-17-21(12-13-25(27)33(36)37)15-23-19-42(38,39)20-26(28(23)34)32(29(35)41-31(5,6)7)18-22-10-9-11-24(16-22)30(2,3)4/h9-13,16-17,23,26,28,34H,8,14-15,18-20H2,1-7H3/t23-,26+,28+/m1/s1. The van der Waals surface area contributed by atoms with Gasteiger partial charge in [0, 0.05) is 18.5 Å². The first-order chi connectivity index (χ1) is 19.4. The maximum atomic E-state index is 13.5. The lowest BCUT2D eigenvalue weighted by Gasteiger charge is -2.41. The van der Waals surface area contributed by atoms with Gasteiger partial charge in [0.2, 0.25) is 0 Å². The highest BCUT2D eigenvalue weighted by Crippen LogP contribution is 2.33. The van der Waals surface area contributed by atoms with E-state index in [0.717, 1.165) is 11.1 Å². The number of rotatable bonds is 9. The molecular weight excluding hydrogens is 560 g/mol. The van der Waals surface area contributed by atoms with Crippen LogP contribution < -0.4 is 4.74 Å². The van der Waals surface area contributed by atoms with Crippen molar-refractivity contribution in [1.29, 1.82) is 0 Å². The summed E-state index contributed by atoms with van der Waals surface area (Å²) in [6, 6.07) is 11.1. The fraction of sp³-hybridized carbons (Fsp3) is 0.581. The van der Waals surface area contributed by atoms with Gasteiger partial charge in [-0.1, -0.05) is 58.0 Å². The SMILES string of the molecule is CCCOc1cc(C[C@@H]2CS(=O)(=O)C[C@H](N(Cc3cccc(C(C)(C)C)c3)C(=O)OC(C)(C)C)[C@H]2O)ccc1[N+](=O)[O-]. The largest absolute Gasteiger partial charge is 0.487 e. The van der Waals surface area contributed by atoms with E-state index in [-0.39, 0.29) is 42.2 Å². The van der Waals surface area contributed by atoms with E-state index in [1.807, 2.05) is 31.2 Å². The molecule has 1 N–H and O–H groups in total. The van der Waals surface area contributed by atoms with Crippen molar-refractivity contribution < 1.29 is 32.7 Å². The number of carbonyl (C=O) groups excluding carboxylic acids is 1. The summed E-state index contributed by atoms with van der Waals surface area (Å²) in [6.07, 6.45) is -1.13. The molecule has 10 nitrogen and oxygen atoms in total. The number of ether oxygens (including phenoxy) is 2. The molecule has 0 saturated carbocycles. The molecule has 0 aliphatic carbocycles. The molecule has 0 unspecified atom stereocenters. The molecule has 1 saturated heterocycles. The minimum Gasteiger partial charge on any atom is -0.487 e. The van der Waals surface area contributed by atoms with Crippen molar-refractivity contribution in [2.24, 2.45) is 5.92 Å². The highest BCUT2D eigenvalue weighted by molar-refractivity contribution is 7.91. The summed E-state index contributed by atoms with van der Waals surface area (Å²) in [6.45, 7) is 13.6. The molecule has 0 bridgehead atoms. The van der Waals surface area contributed by atoms with Gasteiger partial charge in [0.25, 0.3) is 0 Å². The van der Waals surface area contributed by atoms with E-state index in [0.29, 0.717) is 12.0 Å². The van der Waals surface area contributed by atoms with E-state index >= 15 is 0 Å². The molecule has 2 aromatic carbocycles. The van der Waals surface area contributed by atoms with Crippen molar-refractivity contribution in [3.05, 3.63) is 69.3 Å². The smallest absolute Gasteiger partial charge is 0.410 e. The van der Waals surface area contributed by atoms with Crippen molar-refractivity contribution in [1.82, 2.24) is 4.90 Å². The molecule has 1 aliphatic rings. The van der Waals surface area contributed by atoms with Gasteiger partial charge >= 0.3 is 11.8 Å². The summed E-state index contributed by atoms with van der Waals surface area (Å²) >= 11 is 0. The van der Waals surface area contributed by atoms with Gasteiger partial charge in [0.05, 0.1) is 35.2 Å². The fourth-order valence-electron chi connectivity index (χ4n) is 5.06. The molecule has 11 heteroatoms. The normalized spacial score (nSPS) is 20.5. The molecule has 3 rings (SSSR count). The van der Waals surface area contributed by atoms with Crippen LogP contribution in [0.5, 0.6) is 5.75 Å². The highest BCUT2D eigenvalue weighted by atomic mass is 32.2. The van der Waals surface area contributed by atoms with Crippen molar-refractivity contribution >= 4 is 21.6 Å². The van der Waals surface area contributed by atoms with Gasteiger partial charge in [-0.3, -0.25) is 15.0 Å². The molecular formula is C31H44N2O8S. The molecule has 1 fully saturated rings. The van der Waals surface area contributed by atoms with Gasteiger partial charge in [-0.2, -0.15) is 0 Å². The first kappa shape index (κ1) is 33.3. The van der Waals surface area contributed by atoms with E-state index in [1.165, 1.54) is 17.0 Å². The Balaban J connectivity index is 1.98. The van der Waals surface area contributed by atoms with Gasteiger partial charge in [-0.25, -0.2) is 13.2 Å². The minimum atomic E-state index is -3.67. The Labute approximate surface area is 249 Å². The van der Waals surface area contributed by atoms with Crippen LogP contribution in [0, 0.1) is 16.0 Å². The maximum Gasteiger partial charge on any atom is 0.410 e. The Hall–Kier alpha value is -3.18. The average molecular weight is 605 g/mol. The summed E-state index contributed by atoms with van der Waals surface area (Å²) in [4.78, 5) is 25.8. The summed E-state index contributed by atoms with van der Waals surface area (Å²) in [5.74, 6) is -1.36. The molecule has 0 aromatic heterocycles. The lowest BCUT2D eigenvalue weighted by molar-refractivity contribution is -0.385. The number of benzene rings is 2. The van der Waals surface area contributed by atoms with Crippen molar-refractivity contribution in [2.45, 2.75) is 91.0 Å². The van der Waals surface area contributed by atoms with Crippen LogP contribution in [-0.4, -0.2) is 65.3 Å². The second-order valence-electron chi connectivity index (χ2n) is 13.1. The minimum absolute atomic E-state index is 0.0509. The highest BCUT2D eigenvalue weighted by Gasteiger charge is 2.45. The molecule has 1 amide bonds. The lowest BCUT2D eigenvalue weighted by atomic mass is 9.86. The number of nitrogens with zero attached hydrogens (tertiary/aromatic N) is 2. The number of nitro groups is 1. The third-order valence-electron chi connectivity index (χ3n) is 7.12. The number of amides is 1. The number of aliphatic hydroxyl groups is 1. The first-order valence-corrected chi connectivity index (χ1v) is 16.1. The van der Waals surface area contributed by atoms with Crippen molar-refractivity contribution in [2.75, 3.05) is 18.1 Å². The Morgan fingerprint density at radius 2 is 1.76 bits per heavy atom. The second-order valence-corrected chi connectivity index (χ2v) is 15.2. The van der Waals surface area contributed by atoms with Gasteiger partial charge in [-0.15, -0.1) is 0 Å². The third kappa shape index (κ3) is 8.91. The number of hydrogen-bond donors (Lipinski definition) is 1. The van der Waals surface area contributed by atoms with E-state index in [4.69, 9.17) is 9.47 Å². The molecule has 42 heavy (non-hydrogen) atoms. The zero-order valence-corrected chi connectivity index (χ0v) is 26.4. The molecule has 1 heterocycles. The van der Waals surface area contributed by atoms with Crippen LogP contribution in [0.15, 0.2) is 42.5 Å². The Kier molecular flexibility index (Phi) is 10.3. The topological polar surface area (TPSA) is 136 Å². The molecule has 0 spiro atoms. The zero-order chi connectivity index (χ0) is 31.5. The quantitative estimate of drug-likeness (QED) is 0.295. The number of carbonyl (C=O) groups is 1. The predicted octanol–water partition coefficient (Wildman–Crippen LogP) is 5.44. The summed E-state index contributed by atoms with van der Waals surface area (Å²) in [5, 5.41) is 23.1.